The van der Waals surface area contributed by atoms with E-state index in [0.29, 0.717) is 5.56 Å². The standard InChI is InChI=1S/C10H9ClFNO/c1-10(2,13-6-14)8-4-3-7(12)5-9(8)11/h3-5H,1-2H3. The number of nitrogens with zero attached hydrogens (tertiary/aromatic N) is 1. The largest absolute Gasteiger partial charge is 0.235 e. The van der Waals surface area contributed by atoms with Gasteiger partial charge in [0.25, 0.3) is 0 Å². The third-order valence-electron chi connectivity index (χ3n) is 1.92. The maximum absolute atomic E-state index is 12.7. The monoisotopic (exact) mass is 213 g/mol. The molecule has 0 amide bonds. The average molecular weight is 214 g/mol. The van der Waals surface area contributed by atoms with Gasteiger partial charge in [-0.05, 0) is 31.5 Å². The van der Waals surface area contributed by atoms with Crippen molar-refractivity contribution < 1.29 is 9.18 Å². The molecule has 0 atom stereocenters. The van der Waals surface area contributed by atoms with Gasteiger partial charge in [0.15, 0.2) is 0 Å². The Kier molecular flexibility index (Phi) is 3.04. The van der Waals surface area contributed by atoms with Crippen LogP contribution >= 0.6 is 11.6 Å². The van der Waals surface area contributed by atoms with Crippen LogP contribution in [0.2, 0.25) is 5.02 Å². The van der Waals surface area contributed by atoms with Gasteiger partial charge in [0.1, 0.15) is 5.82 Å². The molecule has 1 rings (SSSR count). The topological polar surface area (TPSA) is 29.4 Å². The second kappa shape index (κ2) is 3.91. The fraction of sp³-hybridized carbons (Fsp3) is 0.300. The molecule has 0 heterocycles. The van der Waals surface area contributed by atoms with Crippen LogP contribution in [0, 0.1) is 5.82 Å². The van der Waals surface area contributed by atoms with Crippen molar-refractivity contribution >= 4 is 17.7 Å². The van der Waals surface area contributed by atoms with E-state index < -0.39 is 11.4 Å². The second-order valence-electron chi connectivity index (χ2n) is 3.39. The molecule has 0 saturated carbocycles. The first-order valence-electron chi connectivity index (χ1n) is 4.02. The molecule has 0 aliphatic rings. The Hall–Kier alpha value is -1.18. The summed E-state index contributed by atoms with van der Waals surface area (Å²) in [7, 11) is 0. The highest BCUT2D eigenvalue weighted by atomic mass is 35.5. The highest BCUT2D eigenvalue weighted by Crippen LogP contribution is 2.30. The van der Waals surface area contributed by atoms with E-state index in [9.17, 15) is 9.18 Å². The van der Waals surface area contributed by atoms with Gasteiger partial charge in [-0.1, -0.05) is 17.7 Å². The van der Waals surface area contributed by atoms with Crippen molar-refractivity contribution in [1.29, 1.82) is 0 Å². The fourth-order valence-corrected chi connectivity index (χ4v) is 1.56. The lowest BCUT2D eigenvalue weighted by Gasteiger charge is -2.19. The fourth-order valence-electron chi connectivity index (χ4n) is 1.16. The maximum atomic E-state index is 12.7. The van der Waals surface area contributed by atoms with E-state index in [1.807, 2.05) is 0 Å². The molecule has 0 spiro atoms. The highest BCUT2D eigenvalue weighted by molar-refractivity contribution is 6.31. The van der Waals surface area contributed by atoms with Gasteiger partial charge in [-0.3, -0.25) is 0 Å². The van der Waals surface area contributed by atoms with Gasteiger partial charge in [-0.25, -0.2) is 9.18 Å². The summed E-state index contributed by atoms with van der Waals surface area (Å²) in [6, 6.07) is 3.99. The zero-order valence-electron chi connectivity index (χ0n) is 7.84. The molecule has 0 aliphatic heterocycles. The van der Waals surface area contributed by atoms with Crippen molar-refractivity contribution in [3.63, 3.8) is 0 Å². The van der Waals surface area contributed by atoms with Gasteiger partial charge < -0.3 is 0 Å². The Bertz CT molecular complexity index is 397. The zero-order valence-corrected chi connectivity index (χ0v) is 8.60. The maximum Gasteiger partial charge on any atom is 0.235 e. The van der Waals surface area contributed by atoms with E-state index in [2.05, 4.69) is 4.99 Å². The van der Waals surface area contributed by atoms with Crippen LogP contribution in [-0.4, -0.2) is 6.08 Å². The highest BCUT2D eigenvalue weighted by Gasteiger charge is 2.22. The summed E-state index contributed by atoms with van der Waals surface area (Å²) >= 11 is 5.82. The summed E-state index contributed by atoms with van der Waals surface area (Å²) in [5.41, 5.74) is -0.170. The third-order valence-corrected chi connectivity index (χ3v) is 2.23. The smallest absolute Gasteiger partial charge is 0.211 e. The number of carbonyl (C=O) groups excluding carboxylic acids is 1. The molecule has 1 aromatic rings. The predicted molar refractivity (Wildman–Crippen MR) is 52.6 cm³/mol. The lowest BCUT2D eigenvalue weighted by Crippen LogP contribution is -2.14. The molecule has 0 fully saturated rings. The zero-order chi connectivity index (χ0) is 10.8. The lowest BCUT2D eigenvalue weighted by atomic mass is 9.95. The Morgan fingerprint density at radius 1 is 1.50 bits per heavy atom. The van der Waals surface area contributed by atoms with Crippen LogP contribution in [0.3, 0.4) is 0 Å². The van der Waals surface area contributed by atoms with Gasteiger partial charge in [0.05, 0.1) is 5.54 Å². The molecule has 0 saturated heterocycles. The lowest BCUT2D eigenvalue weighted by molar-refractivity contribution is 0.522. The van der Waals surface area contributed by atoms with Crippen LogP contribution < -0.4 is 0 Å². The minimum Gasteiger partial charge on any atom is -0.211 e. The number of benzene rings is 1. The van der Waals surface area contributed by atoms with Gasteiger partial charge >= 0.3 is 0 Å². The predicted octanol–water partition coefficient (Wildman–Crippen LogP) is 3.05. The summed E-state index contributed by atoms with van der Waals surface area (Å²) < 4.78 is 12.7. The number of isocyanates is 1. The van der Waals surface area contributed by atoms with Crippen LogP contribution in [0.15, 0.2) is 23.2 Å². The van der Waals surface area contributed by atoms with Crippen molar-refractivity contribution in [3.05, 3.63) is 34.6 Å². The molecular weight excluding hydrogens is 205 g/mol. The third kappa shape index (κ3) is 2.19. The van der Waals surface area contributed by atoms with E-state index in [-0.39, 0.29) is 5.02 Å². The molecule has 0 aliphatic carbocycles. The molecule has 14 heavy (non-hydrogen) atoms. The summed E-state index contributed by atoms with van der Waals surface area (Å²) in [6.45, 7) is 3.41. The first-order valence-corrected chi connectivity index (χ1v) is 4.40. The van der Waals surface area contributed by atoms with E-state index in [4.69, 9.17) is 11.6 Å². The molecule has 0 N–H and O–H groups in total. The molecular formula is C10H9ClFNO. The second-order valence-corrected chi connectivity index (χ2v) is 3.79. The molecule has 1 aromatic carbocycles. The van der Waals surface area contributed by atoms with Crippen molar-refractivity contribution in [2.45, 2.75) is 19.4 Å². The number of hydrogen-bond donors (Lipinski definition) is 0. The quantitative estimate of drug-likeness (QED) is 0.549. The first kappa shape index (κ1) is 10.9. The summed E-state index contributed by atoms with van der Waals surface area (Å²) in [4.78, 5) is 13.8. The van der Waals surface area contributed by atoms with Crippen LogP contribution in [-0.2, 0) is 10.3 Å². The number of hydrogen-bond acceptors (Lipinski definition) is 2. The van der Waals surface area contributed by atoms with Crippen molar-refractivity contribution in [2.24, 2.45) is 4.99 Å². The molecule has 4 heteroatoms. The van der Waals surface area contributed by atoms with Crippen molar-refractivity contribution in [2.75, 3.05) is 0 Å². The van der Waals surface area contributed by atoms with E-state index in [1.165, 1.54) is 24.3 Å². The Labute approximate surface area is 86.4 Å². The van der Waals surface area contributed by atoms with Crippen LogP contribution in [0.1, 0.15) is 19.4 Å². The van der Waals surface area contributed by atoms with E-state index in [1.54, 1.807) is 13.8 Å². The number of rotatable bonds is 2. The summed E-state index contributed by atoms with van der Waals surface area (Å²) in [5.74, 6) is -0.412. The van der Waals surface area contributed by atoms with Crippen molar-refractivity contribution in [1.82, 2.24) is 0 Å². The minimum atomic E-state index is -0.771. The molecule has 0 unspecified atom stereocenters. The molecule has 0 aromatic heterocycles. The van der Waals surface area contributed by atoms with Gasteiger partial charge in [0, 0.05) is 5.02 Å². The first-order chi connectivity index (χ1) is 6.47. The minimum absolute atomic E-state index is 0.258. The van der Waals surface area contributed by atoms with Crippen LogP contribution in [0.25, 0.3) is 0 Å². The molecule has 0 radical (unpaired) electrons. The molecule has 74 valence electrons. The van der Waals surface area contributed by atoms with Crippen molar-refractivity contribution in [3.8, 4) is 0 Å². The number of halogens is 2. The Balaban J connectivity index is 3.25. The van der Waals surface area contributed by atoms with E-state index >= 15 is 0 Å². The van der Waals surface area contributed by atoms with Gasteiger partial charge in [-0.2, -0.15) is 4.99 Å². The van der Waals surface area contributed by atoms with E-state index in [0.717, 1.165) is 0 Å². The average Bonchev–Trinajstić information content (AvgIpc) is 2.02. The van der Waals surface area contributed by atoms with Crippen LogP contribution in [0.5, 0.6) is 0 Å². The SMILES string of the molecule is CC(C)(N=C=O)c1ccc(F)cc1Cl. The summed E-state index contributed by atoms with van der Waals surface area (Å²) in [6.07, 6.45) is 1.47. The summed E-state index contributed by atoms with van der Waals surface area (Å²) in [5, 5.41) is 0.258. The van der Waals surface area contributed by atoms with Crippen LogP contribution in [0.4, 0.5) is 4.39 Å². The van der Waals surface area contributed by atoms with Gasteiger partial charge in [-0.15, -0.1) is 0 Å². The molecule has 2 nitrogen and oxygen atoms in total. The normalized spacial score (nSPS) is 10.9. The Morgan fingerprint density at radius 3 is 2.64 bits per heavy atom. The number of aliphatic imine (C=N–C) groups is 1. The van der Waals surface area contributed by atoms with Gasteiger partial charge in [0.2, 0.25) is 6.08 Å². The Morgan fingerprint density at radius 2 is 2.14 bits per heavy atom. The molecule has 0 bridgehead atoms.